The molecule has 1 unspecified atom stereocenters. The molecule has 0 saturated carbocycles. The zero-order chi connectivity index (χ0) is 12.4. The van der Waals surface area contributed by atoms with E-state index in [2.05, 4.69) is 14.8 Å². The van der Waals surface area contributed by atoms with Gasteiger partial charge in [-0.1, -0.05) is 0 Å². The molecule has 0 amide bonds. The van der Waals surface area contributed by atoms with E-state index in [1.54, 1.807) is 0 Å². The van der Waals surface area contributed by atoms with Crippen LogP contribution in [-0.2, 0) is 10.2 Å². The Kier molecular flexibility index (Phi) is 3.99. The first-order valence-electron chi connectivity index (χ1n) is 5.66. The van der Waals surface area contributed by atoms with Gasteiger partial charge in [0, 0.05) is 17.6 Å². The van der Waals surface area contributed by atoms with Crippen LogP contribution in [0.2, 0.25) is 0 Å². The highest BCUT2D eigenvalue weighted by atomic mass is 32.2. The smallest absolute Gasteiger partial charge is 0.277 e. The standard InChI is InChI=1S/C10H23N3O2S/c1-9(2,3)13-16(14,15)12-8-10(4)6-5-7-11-10/h11-13H,5-8H2,1-4H3. The number of nitrogens with one attached hydrogen (secondary N) is 3. The second-order valence-electron chi connectivity index (χ2n) is 5.77. The Morgan fingerprint density at radius 3 is 2.44 bits per heavy atom. The molecule has 0 bridgehead atoms. The zero-order valence-electron chi connectivity index (χ0n) is 10.6. The highest BCUT2D eigenvalue weighted by Gasteiger charge is 2.30. The van der Waals surface area contributed by atoms with Gasteiger partial charge in [0.2, 0.25) is 0 Å². The van der Waals surface area contributed by atoms with Crippen LogP contribution in [0.25, 0.3) is 0 Å². The molecule has 6 heteroatoms. The SMILES string of the molecule is CC(C)(C)NS(=O)(=O)NCC1(C)CCCN1. The molecule has 1 heterocycles. The molecule has 3 N–H and O–H groups in total. The summed E-state index contributed by atoms with van der Waals surface area (Å²) in [6.07, 6.45) is 2.11. The van der Waals surface area contributed by atoms with E-state index >= 15 is 0 Å². The first-order chi connectivity index (χ1) is 7.12. The Labute approximate surface area is 98.6 Å². The van der Waals surface area contributed by atoms with Crippen molar-refractivity contribution in [3.63, 3.8) is 0 Å². The lowest BCUT2D eigenvalue weighted by molar-refractivity contribution is 0.404. The molecule has 1 aliphatic rings. The average molecular weight is 249 g/mol. The van der Waals surface area contributed by atoms with Crippen molar-refractivity contribution in [1.82, 2.24) is 14.8 Å². The van der Waals surface area contributed by atoms with E-state index in [0.717, 1.165) is 19.4 Å². The van der Waals surface area contributed by atoms with Crippen molar-refractivity contribution < 1.29 is 8.42 Å². The van der Waals surface area contributed by atoms with Crippen molar-refractivity contribution in [1.29, 1.82) is 0 Å². The third-order valence-electron chi connectivity index (χ3n) is 2.55. The molecule has 96 valence electrons. The topological polar surface area (TPSA) is 70.2 Å². The number of rotatable bonds is 4. The Bertz CT molecular complexity index is 326. The van der Waals surface area contributed by atoms with E-state index < -0.39 is 15.7 Å². The normalized spacial score (nSPS) is 27.2. The van der Waals surface area contributed by atoms with Crippen LogP contribution in [0.3, 0.4) is 0 Å². The molecule has 5 nitrogen and oxygen atoms in total. The highest BCUT2D eigenvalue weighted by Crippen LogP contribution is 2.17. The van der Waals surface area contributed by atoms with Crippen LogP contribution in [0.15, 0.2) is 0 Å². The third-order valence-corrected chi connectivity index (χ3v) is 3.96. The van der Waals surface area contributed by atoms with Gasteiger partial charge in [-0.05, 0) is 47.1 Å². The minimum Gasteiger partial charge on any atom is -0.310 e. The summed E-state index contributed by atoms with van der Waals surface area (Å²) < 4.78 is 28.6. The van der Waals surface area contributed by atoms with Gasteiger partial charge in [0.05, 0.1) is 0 Å². The van der Waals surface area contributed by atoms with E-state index in [0.29, 0.717) is 6.54 Å². The van der Waals surface area contributed by atoms with E-state index in [9.17, 15) is 8.42 Å². The van der Waals surface area contributed by atoms with Gasteiger partial charge in [-0.25, -0.2) is 4.72 Å². The van der Waals surface area contributed by atoms with Crippen molar-refractivity contribution in [2.24, 2.45) is 0 Å². The third kappa shape index (κ3) is 4.78. The Morgan fingerprint density at radius 2 is 2.00 bits per heavy atom. The maximum atomic E-state index is 11.7. The van der Waals surface area contributed by atoms with Crippen molar-refractivity contribution >= 4 is 10.2 Å². The molecular weight excluding hydrogens is 226 g/mol. The van der Waals surface area contributed by atoms with Gasteiger partial charge in [0.1, 0.15) is 0 Å². The summed E-state index contributed by atoms with van der Waals surface area (Å²) in [7, 11) is -3.40. The minimum atomic E-state index is -3.40. The molecular formula is C10H23N3O2S. The van der Waals surface area contributed by atoms with Gasteiger partial charge >= 0.3 is 0 Å². The second kappa shape index (κ2) is 4.60. The second-order valence-corrected chi connectivity index (χ2v) is 7.27. The van der Waals surface area contributed by atoms with E-state index in [1.807, 2.05) is 27.7 Å². The summed E-state index contributed by atoms with van der Waals surface area (Å²) in [4.78, 5) is 0. The Morgan fingerprint density at radius 1 is 1.38 bits per heavy atom. The lowest BCUT2D eigenvalue weighted by atomic mass is 10.0. The van der Waals surface area contributed by atoms with Crippen LogP contribution in [0.5, 0.6) is 0 Å². The molecule has 0 aromatic heterocycles. The van der Waals surface area contributed by atoms with Crippen molar-refractivity contribution in [3.8, 4) is 0 Å². The summed E-state index contributed by atoms with van der Waals surface area (Å²) in [6, 6.07) is 0. The fourth-order valence-electron chi connectivity index (χ4n) is 1.80. The fourth-order valence-corrected chi connectivity index (χ4v) is 3.19. The molecule has 0 aromatic carbocycles. The van der Waals surface area contributed by atoms with E-state index in [-0.39, 0.29) is 5.54 Å². The molecule has 1 aliphatic heterocycles. The van der Waals surface area contributed by atoms with Crippen molar-refractivity contribution in [2.45, 2.75) is 51.6 Å². The predicted molar refractivity (Wildman–Crippen MR) is 65.5 cm³/mol. The van der Waals surface area contributed by atoms with Gasteiger partial charge < -0.3 is 5.32 Å². The molecule has 0 aliphatic carbocycles. The monoisotopic (exact) mass is 249 g/mol. The molecule has 1 rings (SSSR count). The van der Waals surface area contributed by atoms with Crippen molar-refractivity contribution in [2.75, 3.05) is 13.1 Å². The highest BCUT2D eigenvalue weighted by molar-refractivity contribution is 7.87. The fraction of sp³-hybridized carbons (Fsp3) is 1.00. The molecule has 0 spiro atoms. The molecule has 16 heavy (non-hydrogen) atoms. The molecule has 0 radical (unpaired) electrons. The quantitative estimate of drug-likeness (QED) is 0.673. The summed E-state index contributed by atoms with van der Waals surface area (Å²) in [5.41, 5.74) is -0.553. The Balaban J connectivity index is 2.48. The van der Waals surface area contributed by atoms with Gasteiger partial charge in [-0.15, -0.1) is 0 Å². The maximum Gasteiger partial charge on any atom is 0.277 e. The lowest BCUT2D eigenvalue weighted by Crippen LogP contribution is -2.53. The van der Waals surface area contributed by atoms with Crippen LogP contribution >= 0.6 is 0 Å². The zero-order valence-corrected chi connectivity index (χ0v) is 11.4. The first kappa shape index (κ1) is 13.9. The molecule has 0 aromatic rings. The van der Waals surface area contributed by atoms with Crippen molar-refractivity contribution in [3.05, 3.63) is 0 Å². The van der Waals surface area contributed by atoms with E-state index in [1.165, 1.54) is 0 Å². The predicted octanol–water partition coefficient (Wildman–Crippen LogP) is 0.351. The largest absolute Gasteiger partial charge is 0.310 e. The van der Waals surface area contributed by atoms with Gasteiger partial charge in [-0.2, -0.15) is 13.1 Å². The van der Waals surface area contributed by atoms with Crippen LogP contribution < -0.4 is 14.8 Å². The summed E-state index contributed by atoms with van der Waals surface area (Å²) in [5.74, 6) is 0. The van der Waals surface area contributed by atoms with Gasteiger partial charge in [0.15, 0.2) is 0 Å². The van der Waals surface area contributed by atoms with Crippen LogP contribution in [0.1, 0.15) is 40.5 Å². The van der Waals surface area contributed by atoms with Gasteiger partial charge in [-0.3, -0.25) is 0 Å². The van der Waals surface area contributed by atoms with Crippen LogP contribution in [0.4, 0.5) is 0 Å². The summed E-state index contributed by atoms with van der Waals surface area (Å²) in [6.45, 7) is 8.90. The number of hydrogen-bond donors (Lipinski definition) is 3. The number of hydrogen-bond acceptors (Lipinski definition) is 3. The molecule has 1 atom stereocenters. The minimum absolute atomic E-state index is 0.105. The first-order valence-corrected chi connectivity index (χ1v) is 7.14. The summed E-state index contributed by atoms with van der Waals surface area (Å²) >= 11 is 0. The molecule has 1 fully saturated rings. The maximum absolute atomic E-state index is 11.7. The van der Waals surface area contributed by atoms with Crippen LogP contribution in [0, 0.1) is 0 Å². The lowest BCUT2D eigenvalue weighted by Gasteiger charge is -2.26. The Hall–Kier alpha value is -0.170. The van der Waals surface area contributed by atoms with Gasteiger partial charge in [0.25, 0.3) is 10.2 Å². The molecule has 1 saturated heterocycles. The average Bonchev–Trinajstić information content (AvgIpc) is 2.46. The van der Waals surface area contributed by atoms with Crippen LogP contribution in [-0.4, -0.2) is 32.6 Å². The van der Waals surface area contributed by atoms with E-state index in [4.69, 9.17) is 0 Å². The summed E-state index contributed by atoms with van der Waals surface area (Å²) in [5, 5.41) is 3.31.